The second kappa shape index (κ2) is 2.75. The summed E-state index contributed by atoms with van der Waals surface area (Å²) in [6, 6.07) is 0. The molecule has 4 rings (SSSR count). The molecule has 0 unspecified atom stereocenters. The minimum Gasteiger partial charge on any atom is -0.481 e. The molecular weight excluding hydrogens is 244 g/mol. The van der Waals surface area contributed by atoms with Gasteiger partial charge >= 0.3 is 5.97 Å². The van der Waals surface area contributed by atoms with E-state index in [0.717, 1.165) is 12.8 Å². The first-order valence-electron chi connectivity index (χ1n) is 5.49. The highest BCUT2D eigenvalue weighted by atomic mass is 79.9. The number of carboxylic acids is 1. The Morgan fingerprint density at radius 1 is 1.21 bits per heavy atom. The molecule has 1 N–H and O–H groups in total. The standard InChI is InChI=1S/C11H15BrO2/c12-9-8-2-6-1-7(3-8)5-11(9,4-6)10(13)14/h6-9H,1-5H2,(H,13,14)/t6-,7-,8?,9+,11?/m0/s1. The molecule has 0 aliphatic heterocycles. The lowest BCUT2D eigenvalue weighted by molar-refractivity contribution is -0.162. The molecular formula is C11H15BrO2. The summed E-state index contributed by atoms with van der Waals surface area (Å²) in [6.07, 6.45) is 5.67. The fourth-order valence-electron chi connectivity index (χ4n) is 4.27. The maximum atomic E-state index is 11.4. The van der Waals surface area contributed by atoms with Gasteiger partial charge in [0.25, 0.3) is 0 Å². The third kappa shape index (κ3) is 0.995. The molecule has 14 heavy (non-hydrogen) atoms. The van der Waals surface area contributed by atoms with Gasteiger partial charge in [-0.2, -0.15) is 0 Å². The van der Waals surface area contributed by atoms with E-state index >= 15 is 0 Å². The largest absolute Gasteiger partial charge is 0.481 e. The van der Waals surface area contributed by atoms with Crippen LogP contribution in [0.3, 0.4) is 0 Å². The van der Waals surface area contributed by atoms with Crippen LogP contribution in [0.1, 0.15) is 32.1 Å². The minimum absolute atomic E-state index is 0.236. The quantitative estimate of drug-likeness (QED) is 0.735. The highest BCUT2D eigenvalue weighted by Gasteiger charge is 2.60. The molecule has 2 nitrogen and oxygen atoms in total. The van der Waals surface area contributed by atoms with Gasteiger partial charge in [0.05, 0.1) is 5.41 Å². The average Bonchev–Trinajstić information content (AvgIpc) is 2.12. The molecule has 0 aromatic rings. The fraction of sp³-hybridized carbons (Fsp3) is 0.909. The monoisotopic (exact) mass is 258 g/mol. The van der Waals surface area contributed by atoms with Gasteiger partial charge in [-0.05, 0) is 49.9 Å². The predicted molar refractivity (Wildman–Crippen MR) is 56.3 cm³/mol. The Bertz CT molecular complexity index is 275. The van der Waals surface area contributed by atoms with Crippen LogP contribution in [-0.4, -0.2) is 15.9 Å². The molecule has 0 aromatic carbocycles. The molecule has 0 radical (unpaired) electrons. The third-order valence-electron chi connectivity index (χ3n) is 4.61. The van der Waals surface area contributed by atoms with Gasteiger partial charge in [-0.1, -0.05) is 15.9 Å². The average molecular weight is 259 g/mol. The Balaban J connectivity index is 2.01. The maximum Gasteiger partial charge on any atom is 0.310 e. The van der Waals surface area contributed by atoms with Crippen molar-refractivity contribution in [2.75, 3.05) is 0 Å². The van der Waals surface area contributed by atoms with E-state index in [1.165, 1.54) is 19.3 Å². The van der Waals surface area contributed by atoms with E-state index in [9.17, 15) is 9.90 Å². The summed E-state index contributed by atoms with van der Waals surface area (Å²) in [4.78, 5) is 11.7. The van der Waals surface area contributed by atoms with Gasteiger partial charge in [-0.3, -0.25) is 4.79 Å². The molecule has 3 atom stereocenters. The van der Waals surface area contributed by atoms with Gasteiger partial charge in [-0.15, -0.1) is 0 Å². The van der Waals surface area contributed by atoms with E-state index in [1.54, 1.807) is 0 Å². The summed E-state index contributed by atoms with van der Waals surface area (Å²) in [5, 5.41) is 9.42. The number of carbonyl (C=O) groups is 1. The van der Waals surface area contributed by atoms with Crippen LogP contribution in [0.5, 0.6) is 0 Å². The van der Waals surface area contributed by atoms with E-state index in [4.69, 9.17) is 0 Å². The summed E-state index contributed by atoms with van der Waals surface area (Å²) in [5.74, 6) is 1.49. The smallest absolute Gasteiger partial charge is 0.310 e. The van der Waals surface area contributed by atoms with E-state index in [1.807, 2.05) is 0 Å². The number of aliphatic carboxylic acids is 1. The lowest BCUT2D eigenvalue weighted by atomic mass is 9.49. The van der Waals surface area contributed by atoms with Crippen molar-refractivity contribution >= 4 is 21.9 Å². The van der Waals surface area contributed by atoms with E-state index in [-0.39, 0.29) is 4.83 Å². The Morgan fingerprint density at radius 3 is 2.29 bits per heavy atom. The van der Waals surface area contributed by atoms with Crippen LogP contribution in [0.25, 0.3) is 0 Å². The molecule has 0 saturated heterocycles. The van der Waals surface area contributed by atoms with Crippen molar-refractivity contribution in [3.05, 3.63) is 0 Å². The van der Waals surface area contributed by atoms with Crippen LogP contribution in [-0.2, 0) is 4.79 Å². The van der Waals surface area contributed by atoms with E-state index < -0.39 is 11.4 Å². The molecule has 0 aromatic heterocycles. The molecule has 0 spiro atoms. The van der Waals surface area contributed by atoms with Crippen molar-refractivity contribution in [2.45, 2.75) is 36.9 Å². The topological polar surface area (TPSA) is 37.3 Å². The van der Waals surface area contributed by atoms with Gasteiger partial charge in [0.2, 0.25) is 0 Å². The van der Waals surface area contributed by atoms with Gasteiger partial charge in [0.15, 0.2) is 0 Å². The normalized spacial score (nSPS) is 54.9. The number of hydrogen-bond donors (Lipinski definition) is 1. The molecule has 4 fully saturated rings. The van der Waals surface area contributed by atoms with Crippen LogP contribution < -0.4 is 0 Å². The van der Waals surface area contributed by atoms with Crippen molar-refractivity contribution < 1.29 is 9.90 Å². The highest BCUT2D eigenvalue weighted by molar-refractivity contribution is 9.09. The second-order valence-electron chi connectivity index (χ2n) is 5.47. The highest BCUT2D eigenvalue weighted by Crippen LogP contribution is 2.62. The first-order chi connectivity index (χ1) is 6.62. The molecule has 4 bridgehead atoms. The lowest BCUT2D eigenvalue weighted by Crippen LogP contribution is -2.57. The lowest BCUT2D eigenvalue weighted by Gasteiger charge is -2.57. The predicted octanol–water partition coefficient (Wildman–Crippen LogP) is 2.66. The van der Waals surface area contributed by atoms with Crippen LogP contribution in [0.15, 0.2) is 0 Å². The first-order valence-corrected chi connectivity index (χ1v) is 6.41. The molecule has 4 aliphatic carbocycles. The van der Waals surface area contributed by atoms with Gasteiger partial charge in [-0.25, -0.2) is 0 Å². The van der Waals surface area contributed by atoms with Crippen molar-refractivity contribution in [1.29, 1.82) is 0 Å². The summed E-state index contributed by atoms with van der Waals surface area (Å²) in [7, 11) is 0. The number of hydrogen-bond acceptors (Lipinski definition) is 1. The SMILES string of the molecule is O=C(O)C12C[C@@H]3CC(C[C@H](C3)C1)[C@H]2Br. The van der Waals surface area contributed by atoms with Gasteiger partial charge < -0.3 is 5.11 Å². The molecule has 3 heteroatoms. The van der Waals surface area contributed by atoms with Gasteiger partial charge in [0.1, 0.15) is 0 Å². The van der Waals surface area contributed by atoms with Crippen LogP contribution in [0.4, 0.5) is 0 Å². The zero-order valence-corrected chi connectivity index (χ0v) is 9.66. The fourth-order valence-corrected chi connectivity index (χ4v) is 5.27. The Hall–Kier alpha value is -0.0500. The van der Waals surface area contributed by atoms with E-state index in [0.29, 0.717) is 17.8 Å². The summed E-state index contributed by atoms with van der Waals surface area (Å²) < 4.78 is 0. The molecule has 78 valence electrons. The zero-order chi connectivity index (χ0) is 9.92. The van der Waals surface area contributed by atoms with Crippen molar-refractivity contribution in [3.8, 4) is 0 Å². The summed E-state index contributed by atoms with van der Waals surface area (Å²) in [5.41, 5.74) is -0.408. The number of carboxylic acid groups (broad SMARTS) is 1. The minimum atomic E-state index is -0.557. The number of rotatable bonds is 1. The zero-order valence-electron chi connectivity index (χ0n) is 8.08. The van der Waals surface area contributed by atoms with Crippen molar-refractivity contribution in [2.24, 2.45) is 23.2 Å². The van der Waals surface area contributed by atoms with Crippen molar-refractivity contribution in [3.63, 3.8) is 0 Å². The van der Waals surface area contributed by atoms with Crippen LogP contribution in [0, 0.1) is 23.2 Å². The molecule has 4 saturated carbocycles. The van der Waals surface area contributed by atoms with Crippen molar-refractivity contribution in [1.82, 2.24) is 0 Å². The Morgan fingerprint density at radius 2 is 1.79 bits per heavy atom. The third-order valence-corrected chi connectivity index (χ3v) is 6.24. The summed E-state index contributed by atoms with van der Waals surface area (Å²) in [6.45, 7) is 0. The first kappa shape index (κ1) is 9.20. The molecule has 4 aliphatic rings. The summed E-state index contributed by atoms with van der Waals surface area (Å²) >= 11 is 3.66. The van der Waals surface area contributed by atoms with Crippen LogP contribution >= 0.6 is 15.9 Å². The Kier molecular flexibility index (Phi) is 1.80. The van der Waals surface area contributed by atoms with Crippen LogP contribution in [0.2, 0.25) is 0 Å². The number of alkyl halides is 1. The molecule has 0 amide bonds. The Labute approximate surface area is 92.2 Å². The molecule has 0 heterocycles. The maximum absolute atomic E-state index is 11.4. The van der Waals surface area contributed by atoms with Gasteiger partial charge in [0, 0.05) is 4.83 Å². The second-order valence-corrected chi connectivity index (χ2v) is 6.46. The number of halogens is 1. The van der Waals surface area contributed by atoms with E-state index in [2.05, 4.69) is 15.9 Å².